The summed E-state index contributed by atoms with van der Waals surface area (Å²) in [4.78, 5) is 27.6. The zero-order valence-corrected chi connectivity index (χ0v) is 20.1. The molecule has 1 aliphatic rings. The summed E-state index contributed by atoms with van der Waals surface area (Å²) < 4.78 is 25.5. The van der Waals surface area contributed by atoms with Crippen LogP contribution in [0.4, 0.5) is 4.39 Å². The molecule has 186 valence electrons. The Bertz CT molecular complexity index is 1460. The van der Waals surface area contributed by atoms with E-state index in [-0.39, 0.29) is 17.7 Å². The van der Waals surface area contributed by atoms with E-state index in [9.17, 15) is 19.1 Å². The molecular formula is C30H24FNO5. The first-order valence-electron chi connectivity index (χ1n) is 11.8. The van der Waals surface area contributed by atoms with Gasteiger partial charge in [0.1, 0.15) is 29.7 Å². The molecule has 1 aliphatic heterocycles. The zero-order chi connectivity index (χ0) is 25.9. The molecule has 1 fully saturated rings. The minimum atomic E-state index is -0.905. The van der Waals surface area contributed by atoms with Crippen molar-refractivity contribution in [2.24, 2.45) is 0 Å². The Morgan fingerprint density at radius 3 is 2.43 bits per heavy atom. The first kappa shape index (κ1) is 24.1. The molecule has 5 rings (SSSR count). The highest BCUT2D eigenvalue weighted by atomic mass is 19.1. The number of Topliss-reactive ketones (excluding diaryl/α,β-unsaturated/α-hetero) is 1. The number of aliphatic hydroxyl groups is 1. The number of rotatable bonds is 7. The van der Waals surface area contributed by atoms with Crippen molar-refractivity contribution in [1.29, 1.82) is 0 Å². The Morgan fingerprint density at radius 1 is 1.00 bits per heavy atom. The van der Waals surface area contributed by atoms with E-state index in [1.165, 1.54) is 23.3 Å². The van der Waals surface area contributed by atoms with Crippen molar-refractivity contribution >= 4 is 17.4 Å². The second kappa shape index (κ2) is 10.1. The molecule has 0 spiro atoms. The van der Waals surface area contributed by atoms with Crippen LogP contribution in [0.2, 0.25) is 0 Å². The van der Waals surface area contributed by atoms with Gasteiger partial charge in [-0.05, 0) is 53.9 Å². The number of aliphatic hydroxyl groups excluding tert-OH is 1. The van der Waals surface area contributed by atoms with Crippen LogP contribution in [0.25, 0.3) is 5.76 Å². The SMILES string of the molecule is Cc1ccc(C(O)=C2C(=O)C(=O)N(Cc3ccco3)[C@H]2c2ccc(OCc3ccccc3)cc2)cc1F. The molecule has 4 aromatic rings. The van der Waals surface area contributed by atoms with Gasteiger partial charge in [-0.3, -0.25) is 9.59 Å². The summed E-state index contributed by atoms with van der Waals surface area (Å²) in [6.45, 7) is 2.01. The average molecular weight is 498 g/mol. The van der Waals surface area contributed by atoms with E-state index in [1.807, 2.05) is 30.3 Å². The number of likely N-dealkylation sites (tertiary alicyclic amines) is 1. The summed E-state index contributed by atoms with van der Waals surface area (Å²) in [7, 11) is 0. The summed E-state index contributed by atoms with van der Waals surface area (Å²) in [5.74, 6) is -1.49. The monoisotopic (exact) mass is 497 g/mol. The van der Waals surface area contributed by atoms with Gasteiger partial charge < -0.3 is 19.2 Å². The van der Waals surface area contributed by atoms with Gasteiger partial charge in [0, 0.05) is 5.56 Å². The average Bonchev–Trinajstić information content (AvgIpc) is 3.52. The number of hydrogen-bond donors (Lipinski definition) is 1. The van der Waals surface area contributed by atoms with Gasteiger partial charge in [0.05, 0.1) is 24.4 Å². The van der Waals surface area contributed by atoms with E-state index in [1.54, 1.807) is 43.3 Å². The largest absolute Gasteiger partial charge is 0.507 e. The molecule has 2 heterocycles. The lowest BCUT2D eigenvalue weighted by atomic mass is 9.95. The van der Waals surface area contributed by atoms with Crippen molar-refractivity contribution in [1.82, 2.24) is 4.90 Å². The number of amides is 1. The normalized spacial score (nSPS) is 16.8. The number of benzene rings is 3. The number of furan rings is 1. The van der Waals surface area contributed by atoms with Crippen molar-refractivity contribution in [2.45, 2.75) is 26.1 Å². The third-order valence-corrected chi connectivity index (χ3v) is 6.34. The first-order chi connectivity index (χ1) is 17.9. The molecule has 3 aromatic carbocycles. The third kappa shape index (κ3) is 4.89. The lowest BCUT2D eigenvalue weighted by molar-refractivity contribution is -0.140. The molecule has 1 saturated heterocycles. The lowest BCUT2D eigenvalue weighted by Gasteiger charge is -2.24. The molecule has 1 amide bonds. The van der Waals surface area contributed by atoms with Crippen molar-refractivity contribution in [3.8, 4) is 5.75 Å². The zero-order valence-electron chi connectivity index (χ0n) is 20.1. The van der Waals surface area contributed by atoms with E-state index < -0.39 is 29.3 Å². The minimum absolute atomic E-state index is 0.0214. The van der Waals surface area contributed by atoms with Gasteiger partial charge in [-0.25, -0.2) is 4.39 Å². The smallest absolute Gasteiger partial charge is 0.296 e. The highest BCUT2D eigenvalue weighted by Gasteiger charge is 2.46. The third-order valence-electron chi connectivity index (χ3n) is 6.34. The fraction of sp³-hybridized carbons (Fsp3) is 0.133. The highest BCUT2D eigenvalue weighted by Crippen LogP contribution is 2.41. The highest BCUT2D eigenvalue weighted by molar-refractivity contribution is 6.46. The number of halogens is 1. The topological polar surface area (TPSA) is 80.0 Å². The van der Waals surface area contributed by atoms with E-state index >= 15 is 0 Å². The Hall–Kier alpha value is -4.65. The van der Waals surface area contributed by atoms with Crippen LogP contribution in [-0.4, -0.2) is 21.7 Å². The van der Waals surface area contributed by atoms with E-state index in [0.29, 0.717) is 29.2 Å². The van der Waals surface area contributed by atoms with Gasteiger partial charge in [0.15, 0.2) is 0 Å². The Balaban J connectivity index is 1.52. The van der Waals surface area contributed by atoms with Crippen molar-refractivity contribution < 1.29 is 28.2 Å². The lowest BCUT2D eigenvalue weighted by Crippen LogP contribution is -2.29. The van der Waals surface area contributed by atoms with Crippen LogP contribution in [0.1, 0.15) is 34.1 Å². The number of aryl methyl sites for hydroxylation is 1. The van der Waals surface area contributed by atoms with Crippen molar-refractivity contribution in [3.05, 3.63) is 131 Å². The van der Waals surface area contributed by atoms with Crippen LogP contribution in [-0.2, 0) is 22.7 Å². The Labute approximate surface area is 213 Å². The van der Waals surface area contributed by atoms with Gasteiger partial charge in [0.2, 0.25) is 0 Å². The molecule has 1 atom stereocenters. The van der Waals surface area contributed by atoms with E-state index in [4.69, 9.17) is 9.15 Å². The van der Waals surface area contributed by atoms with Crippen LogP contribution >= 0.6 is 0 Å². The number of ether oxygens (including phenoxy) is 1. The maximum Gasteiger partial charge on any atom is 0.296 e. The minimum Gasteiger partial charge on any atom is -0.507 e. The van der Waals surface area contributed by atoms with Gasteiger partial charge in [0.25, 0.3) is 11.7 Å². The molecule has 6 nitrogen and oxygen atoms in total. The second-order valence-electron chi connectivity index (χ2n) is 8.81. The van der Waals surface area contributed by atoms with Crippen LogP contribution in [0.15, 0.2) is 101 Å². The molecular weight excluding hydrogens is 473 g/mol. The molecule has 0 unspecified atom stereocenters. The van der Waals surface area contributed by atoms with Gasteiger partial charge in [-0.15, -0.1) is 0 Å². The van der Waals surface area contributed by atoms with Crippen LogP contribution < -0.4 is 4.74 Å². The Kier molecular flexibility index (Phi) is 6.60. The quantitative estimate of drug-likeness (QED) is 0.195. The number of hydrogen-bond acceptors (Lipinski definition) is 5. The predicted octanol–water partition coefficient (Wildman–Crippen LogP) is 5.93. The summed E-state index contributed by atoms with van der Waals surface area (Å²) in [5.41, 5.74) is 2.01. The molecule has 7 heteroatoms. The van der Waals surface area contributed by atoms with Gasteiger partial charge >= 0.3 is 0 Å². The Morgan fingerprint density at radius 2 is 1.76 bits per heavy atom. The molecule has 0 radical (unpaired) electrons. The predicted molar refractivity (Wildman–Crippen MR) is 135 cm³/mol. The van der Waals surface area contributed by atoms with Crippen LogP contribution in [0, 0.1) is 12.7 Å². The fourth-order valence-corrected chi connectivity index (χ4v) is 4.34. The number of ketones is 1. The summed E-state index contributed by atoms with van der Waals surface area (Å²) in [6.07, 6.45) is 1.48. The van der Waals surface area contributed by atoms with Crippen LogP contribution in [0.3, 0.4) is 0 Å². The molecule has 1 aromatic heterocycles. The first-order valence-corrected chi connectivity index (χ1v) is 11.8. The number of nitrogens with zero attached hydrogens (tertiary/aromatic N) is 1. The maximum atomic E-state index is 14.3. The summed E-state index contributed by atoms with van der Waals surface area (Å²) >= 11 is 0. The summed E-state index contributed by atoms with van der Waals surface area (Å²) in [5, 5.41) is 11.1. The van der Waals surface area contributed by atoms with E-state index in [0.717, 1.165) is 11.6 Å². The molecule has 0 aliphatic carbocycles. The molecule has 0 bridgehead atoms. The molecule has 0 saturated carbocycles. The van der Waals surface area contributed by atoms with Gasteiger partial charge in [-0.2, -0.15) is 0 Å². The second-order valence-corrected chi connectivity index (χ2v) is 8.81. The van der Waals surface area contributed by atoms with Crippen molar-refractivity contribution in [3.63, 3.8) is 0 Å². The number of carbonyl (C=O) groups is 2. The standard InChI is InChI=1S/C30H24FNO5/c1-19-9-10-22(16-25(19)31)28(33)26-27(32(30(35)29(26)34)17-24-8-5-15-36-24)21-11-13-23(14-12-21)37-18-20-6-3-2-4-7-20/h2-16,27,33H,17-18H2,1H3/t27-/m0/s1. The molecule has 37 heavy (non-hydrogen) atoms. The number of carbonyl (C=O) groups excluding carboxylic acids is 2. The summed E-state index contributed by atoms with van der Waals surface area (Å²) in [6, 6.07) is 23.4. The van der Waals surface area contributed by atoms with Crippen LogP contribution in [0.5, 0.6) is 5.75 Å². The fourth-order valence-electron chi connectivity index (χ4n) is 4.34. The van der Waals surface area contributed by atoms with E-state index in [2.05, 4.69) is 0 Å². The maximum absolute atomic E-state index is 14.3. The molecule has 1 N–H and O–H groups in total. The van der Waals surface area contributed by atoms with Crippen molar-refractivity contribution in [2.75, 3.05) is 0 Å². The van der Waals surface area contributed by atoms with Gasteiger partial charge in [-0.1, -0.05) is 54.6 Å².